The van der Waals surface area contributed by atoms with Crippen molar-refractivity contribution >= 4 is 11.7 Å². The van der Waals surface area contributed by atoms with Gasteiger partial charge in [0.05, 0.1) is 6.33 Å². The molecular formula is C12H14N4O. The zero-order valence-electron chi connectivity index (χ0n) is 9.31. The Hall–Kier alpha value is -2.30. The summed E-state index contributed by atoms with van der Waals surface area (Å²) in [6, 6.07) is 7.09. The number of H-pyrrole nitrogens is 1. The van der Waals surface area contributed by atoms with Crippen LogP contribution in [-0.4, -0.2) is 16.0 Å². The van der Waals surface area contributed by atoms with Gasteiger partial charge in [-0.25, -0.2) is 9.78 Å². The normalized spacial score (nSPS) is 10.1. The summed E-state index contributed by atoms with van der Waals surface area (Å²) in [6.07, 6.45) is 5.25. The number of amides is 2. The fourth-order valence-corrected chi connectivity index (χ4v) is 1.65. The van der Waals surface area contributed by atoms with Crippen LogP contribution in [0.4, 0.5) is 10.5 Å². The topological polar surface area (TPSA) is 83.8 Å². The fraction of sp³-hybridized carbons (Fsp3) is 0.167. The number of anilines is 1. The first-order valence-corrected chi connectivity index (χ1v) is 5.37. The number of nitrogens with two attached hydrogens (primary N) is 1. The summed E-state index contributed by atoms with van der Waals surface area (Å²) in [6.45, 7) is 0. The predicted molar refractivity (Wildman–Crippen MR) is 65.6 cm³/mol. The van der Waals surface area contributed by atoms with Crippen molar-refractivity contribution in [2.75, 3.05) is 5.32 Å². The van der Waals surface area contributed by atoms with Gasteiger partial charge in [0, 0.05) is 17.6 Å². The summed E-state index contributed by atoms with van der Waals surface area (Å²) in [7, 11) is 0. The molecule has 0 unspecified atom stereocenters. The molecule has 2 rings (SSSR count). The van der Waals surface area contributed by atoms with E-state index in [1.165, 1.54) is 0 Å². The molecule has 17 heavy (non-hydrogen) atoms. The second-order valence-electron chi connectivity index (χ2n) is 3.77. The molecule has 4 N–H and O–H groups in total. The summed E-state index contributed by atoms with van der Waals surface area (Å²) >= 11 is 0. The zero-order chi connectivity index (χ0) is 12.1. The van der Waals surface area contributed by atoms with Gasteiger partial charge in [-0.3, -0.25) is 0 Å². The molecule has 0 fully saturated rings. The van der Waals surface area contributed by atoms with Crippen molar-refractivity contribution in [1.29, 1.82) is 0 Å². The van der Waals surface area contributed by atoms with Gasteiger partial charge in [-0.2, -0.15) is 0 Å². The van der Waals surface area contributed by atoms with Crippen molar-refractivity contribution in [2.24, 2.45) is 5.73 Å². The van der Waals surface area contributed by atoms with Gasteiger partial charge in [-0.05, 0) is 30.5 Å². The molecule has 1 heterocycles. The van der Waals surface area contributed by atoms with E-state index in [4.69, 9.17) is 5.73 Å². The third-order valence-corrected chi connectivity index (χ3v) is 2.43. The zero-order valence-corrected chi connectivity index (χ0v) is 9.31. The fourth-order valence-electron chi connectivity index (χ4n) is 1.65. The number of urea groups is 1. The number of aromatic amines is 1. The molecule has 0 saturated heterocycles. The van der Waals surface area contributed by atoms with Gasteiger partial charge in [-0.1, -0.05) is 12.1 Å². The van der Waals surface area contributed by atoms with E-state index in [9.17, 15) is 4.79 Å². The van der Waals surface area contributed by atoms with Crippen molar-refractivity contribution in [3.8, 4) is 0 Å². The highest BCUT2D eigenvalue weighted by Crippen LogP contribution is 2.12. The average molecular weight is 230 g/mol. The maximum Gasteiger partial charge on any atom is 0.316 e. The van der Waals surface area contributed by atoms with Gasteiger partial charge < -0.3 is 16.0 Å². The molecule has 5 nitrogen and oxygen atoms in total. The Kier molecular flexibility index (Phi) is 3.40. The lowest BCUT2D eigenvalue weighted by atomic mass is 10.1. The summed E-state index contributed by atoms with van der Waals surface area (Å²) in [5.41, 5.74) is 8.02. The minimum atomic E-state index is -0.546. The number of carbonyl (C=O) groups excluding carboxylic acids is 1. The molecule has 0 bridgehead atoms. The molecule has 0 spiro atoms. The van der Waals surface area contributed by atoms with E-state index in [0.29, 0.717) is 0 Å². The highest BCUT2D eigenvalue weighted by Gasteiger charge is 2.00. The van der Waals surface area contributed by atoms with Gasteiger partial charge in [-0.15, -0.1) is 0 Å². The first kappa shape index (κ1) is 11.2. The number of carbonyl (C=O) groups is 1. The van der Waals surface area contributed by atoms with Crippen LogP contribution in [0.25, 0.3) is 0 Å². The largest absolute Gasteiger partial charge is 0.351 e. The summed E-state index contributed by atoms with van der Waals surface area (Å²) in [5.74, 6) is 0. The van der Waals surface area contributed by atoms with E-state index in [2.05, 4.69) is 15.3 Å². The standard InChI is InChI=1S/C12H14N4O/c13-12(17)16-10-3-1-2-9(6-10)4-5-11-7-14-8-15-11/h1-3,6-8H,4-5H2,(H,14,15)(H3,13,16,17). The van der Waals surface area contributed by atoms with E-state index >= 15 is 0 Å². The summed E-state index contributed by atoms with van der Waals surface area (Å²) in [5, 5.41) is 2.56. The summed E-state index contributed by atoms with van der Waals surface area (Å²) in [4.78, 5) is 17.7. The molecule has 88 valence electrons. The van der Waals surface area contributed by atoms with Gasteiger partial charge in [0.15, 0.2) is 0 Å². The Morgan fingerprint density at radius 1 is 1.41 bits per heavy atom. The lowest BCUT2D eigenvalue weighted by molar-refractivity contribution is 0.259. The number of aryl methyl sites for hydroxylation is 2. The Morgan fingerprint density at radius 3 is 3.00 bits per heavy atom. The van der Waals surface area contributed by atoms with E-state index in [-0.39, 0.29) is 0 Å². The van der Waals surface area contributed by atoms with Gasteiger partial charge in [0.2, 0.25) is 0 Å². The molecule has 0 atom stereocenters. The number of rotatable bonds is 4. The minimum absolute atomic E-state index is 0.546. The highest BCUT2D eigenvalue weighted by molar-refractivity contribution is 5.87. The van der Waals surface area contributed by atoms with E-state index < -0.39 is 6.03 Å². The molecule has 0 aliphatic heterocycles. The monoisotopic (exact) mass is 230 g/mol. The van der Waals surface area contributed by atoms with Crippen LogP contribution in [0.2, 0.25) is 0 Å². The van der Waals surface area contributed by atoms with Crippen molar-refractivity contribution in [3.05, 3.63) is 48.0 Å². The minimum Gasteiger partial charge on any atom is -0.351 e. The molecule has 2 amide bonds. The van der Waals surface area contributed by atoms with Crippen LogP contribution in [0.1, 0.15) is 11.3 Å². The van der Waals surface area contributed by atoms with Crippen molar-refractivity contribution in [3.63, 3.8) is 0 Å². The molecular weight excluding hydrogens is 216 g/mol. The maximum atomic E-state index is 10.7. The highest BCUT2D eigenvalue weighted by atomic mass is 16.2. The molecule has 2 aromatic rings. The van der Waals surface area contributed by atoms with E-state index in [0.717, 1.165) is 29.8 Å². The van der Waals surface area contributed by atoms with Crippen molar-refractivity contribution in [1.82, 2.24) is 9.97 Å². The van der Waals surface area contributed by atoms with Crippen LogP contribution < -0.4 is 11.1 Å². The smallest absolute Gasteiger partial charge is 0.316 e. The molecule has 1 aromatic carbocycles. The second-order valence-corrected chi connectivity index (χ2v) is 3.77. The Morgan fingerprint density at radius 2 is 2.29 bits per heavy atom. The second kappa shape index (κ2) is 5.16. The number of hydrogen-bond acceptors (Lipinski definition) is 2. The van der Waals surface area contributed by atoms with Gasteiger partial charge in [0.25, 0.3) is 0 Å². The summed E-state index contributed by atoms with van der Waals surface area (Å²) < 4.78 is 0. The number of imidazole rings is 1. The number of primary amides is 1. The SMILES string of the molecule is NC(=O)Nc1cccc(CCc2cnc[nH]2)c1. The number of hydrogen-bond donors (Lipinski definition) is 3. The van der Waals surface area contributed by atoms with Crippen LogP contribution in [0.5, 0.6) is 0 Å². The first-order valence-electron chi connectivity index (χ1n) is 5.37. The number of nitrogens with one attached hydrogen (secondary N) is 2. The van der Waals surface area contributed by atoms with Crippen LogP contribution in [-0.2, 0) is 12.8 Å². The number of nitrogens with zero attached hydrogens (tertiary/aromatic N) is 1. The Balaban J connectivity index is 1.98. The Bertz CT molecular complexity index is 493. The predicted octanol–water partition coefficient (Wildman–Crippen LogP) is 1.69. The van der Waals surface area contributed by atoms with Crippen molar-refractivity contribution < 1.29 is 4.79 Å². The van der Waals surface area contributed by atoms with Crippen LogP contribution >= 0.6 is 0 Å². The molecule has 1 aromatic heterocycles. The van der Waals surface area contributed by atoms with E-state index in [1.54, 1.807) is 6.33 Å². The van der Waals surface area contributed by atoms with Crippen LogP contribution in [0.3, 0.4) is 0 Å². The average Bonchev–Trinajstić information content (AvgIpc) is 2.79. The van der Waals surface area contributed by atoms with Crippen molar-refractivity contribution in [2.45, 2.75) is 12.8 Å². The molecule has 0 aliphatic rings. The third kappa shape index (κ3) is 3.34. The lowest BCUT2D eigenvalue weighted by Crippen LogP contribution is -2.19. The molecule has 0 aliphatic carbocycles. The Labute approximate surface area is 99.1 Å². The number of benzene rings is 1. The van der Waals surface area contributed by atoms with Gasteiger partial charge in [0.1, 0.15) is 0 Å². The first-order chi connectivity index (χ1) is 8.24. The van der Waals surface area contributed by atoms with Gasteiger partial charge >= 0.3 is 6.03 Å². The maximum absolute atomic E-state index is 10.7. The van der Waals surface area contributed by atoms with E-state index in [1.807, 2.05) is 30.5 Å². The lowest BCUT2D eigenvalue weighted by Gasteiger charge is -2.04. The molecule has 5 heteroatoms. The van der Waals surface area contributed by atoms with Crippen LogP contribution in [0, 0.1) is 0 Å². The quantitative estimate of drug-likeness (QED) is 0.746. The third-order valence-electron chi connectivity index (χ3n) is 2.43. The van der Waals surface area contributed by atoms with Crippen LogP contribution in [0.15, 0.2) is 36.8 Å². The number of aromatic nitrogens is 2. The molecule has 0 saturated carbocycles. The molecule has 0 radical (unpaired) electrons.